The molecule has 2 rings (SSSR count). The maximum Gasteiger partial charge on any atom is 0.309 e. The third-order valence-electron chi connectivity index (χ3n) is 1.80. The number of carbonyl (C=O) groups excluding carboxylic acids is 1. The number of aromatic nitrogens is 2. The van der Waals surface area contributed by atoms with E-state index in [4.69, 9.17) is 4.74 Å². The number of aryl methyl sites for hydroxylation is 1. The van der Waals surface area contributed by atoms with Gasteiger partial charge in [-0.1, -0.05) is 11.3 Å². The number of carbonyl (C=O) groups is 1. The summed E-state index contributed by atoms with van der Waals surface area (Å²) in [6.45, 7) is 3.14. The van der Waals surface area contributed by atoms with Crippen molar-refractivity contribution in [3.05, 3.63) is 21.3 Å². The number of ether oxygens (including phenoxy) is 1. The van der Waals surface area contributed by atoms with Crippen molar-refractivity contribution in [2.24, 2.45) is 0 Å². The molecule has 0 atom stereocenters. The molecule has 0 aliphatic rings. The fourth-order valence-corrected chi connectivity index (χ4v) is 2.01. The Morgan fingerprint density at radius 2 is 2.33 bits per heavy atom. The van der Waals surface area contributed by atoms with Crippen LogP contribution < -0.4 is 9.61 Å². The molecule has 1 N–H and O–H groups in total. The highest BCUT2D eigenvalue weighted by Gasteiger charge is 2.08. The van der Waals surface area contributed by atoms with Crippen molar-refractivity contribution >= 4 is 27.7 Å². The minimum atomic E-state index is -0.432. The lowest BCUT2D eigenvalue weighted by atomic mass is 10.3. The molecule has 0 amide bonds. The van der Waals surface area contributed by atoms with Gasteiger partial charge >= 0.3 is 10.8 Å². The number of aromatic amines is 1. The molecule has 78 valence electrons. The van der Waals surface area contributed by atoms with Gasteiger partial charge in [0.25, 0.3) is 0 Å². The maximum absolute atomic E-state index is 11.1. The predicted molar refractivity (Wildman–Crippen MR) is 56.3 cm³/mol. The highest BCUT2D eigenvalue weighted by molar-refractivity contribution is 7.16. The lowest BCUT2D eigenvalue weighted by Gasteiger charge is -2.01. The number of nitrogens with zero attached hydrogens (tertiary/aromatic N) is 1. The van der Waals surface area contributed by atoms with Crippen LogP contribution in [0.25, 0.3) is 10.3 Å². The number of pyridine rings is 1. The van der Waals surface area contributed by atoms with Gasteiger partial charge in [-0.25, -0.2) is 0 Å². The Labute approximate surface area is 88.7 Å². The van der Waals surface area contributed by atoms with Crippen LogP contribution in [0, 0.1) is 6.92 Å². The minimum Gasteiger partial charge on any atom is -0.408 e. The molecule has 6 heteroatoms. The van der Waals surface area contributed by atoms with Crippen molar-refractivity contribution in [1.82, 2.24) is 9.97 Å². The van der Waals surface area contributed by atoms with Gasteiger partial charge in [-0.15, -0.1) is 0 Å². The van der Waals surface area contributed by atoms with Crippen LogP contribution in [0.5, 0.6) is 5.88 Å². The number of hydrogen-bond donors (Lipinski definition) is 1. The van der Waals surface area contributed by atoms with Crippen LogP contribution in [0.1, 0.15) is 12.5 Å². The maximum atomic E-state index is 11.1. The topological polar surface area (TPSA) is 72.1 Å². The van der Waals surface area contributed by atoms with E-state index < -0.39 is 5.97 Å². The third kappa shape index (κ3) is 1.89. The first-order valence-electron chi connectivity index (χ1n) is 4.25. The van der Waals surface area contributed by atoms with E-state index in [1.54, 1.807) is 6.07 Å². The predicted octanol–water partition coefficient (Wildman–Crippen LogP) is 1.22. The van der Waals surface area contributed by atoms with E-state index in [9.17, 15) is 9.59 Å². The number of hydrogen-bond acceptors (Lipinski definition) is 5. The van der Waals surface area contributed by atoms with Gasteiger partial charge in [0.2, 0.25) is 5.88 Å². The number of thiazole rings is 1. The Kier molecular flexibility index (Phi) is 2.28. The molecule has 0 unspecified atom stereocenters. The largest absolute Gasteiger partial charge is 0.408 e. The molecule has 0 aromatic carbocycles. The van der Waals surface area contributed by atoms with E-state index in [0.717, 1.165) is 21.6 Å². The molecule has 0 bridgehead atoms. The summed E-state index contributed by atoms with van der Waals surface area (Å²) in [5.74, 6) is -0.222. The molecule has 15 heavy (non-hydrogen) atoms. The lowest BCUT2D eigenvalue weighted by Crippen LogP contribution is -2.03. The summed E-state index contributed by atoms with van der Waals surface area (Å²) in [6, 6.07) is 1.63. The Hall–Kier alpha value is -1.69. The molecule has 0 saturated heterocycles. The van der Waals surface area contributed by atoms with Crippen molar-refractivity contribution in [3.8, 4) is 5.88 Å². The molecular formula is C9H8N2O3S. The van der Waals surface area contributed by atoms with Gasteiger partial charge in [0, 0.05) is 13.0 Å². The SMILES string of the molecule is CC(=O)Oc1cc(C)c2sc(=O)[nH]c2n1. The highest BCUT2D eigenvalue weighted by Crippen LogP contribution is 2.21. The monoisotopic (exact) mass is 224 g/mol. The van der Waals surface area contributed by atoms with Crippen LogP contribution in [-0.2, 0) is 4.79 Å². The van der Waals surface area contributed by atoms with Crippen LogP contribution in [0.2, 0.25) is 0 Å². The van der Waals surface area contributed by atoms with Crippen molar-refractivity contribution in [2.45, 2.75) is 13.8 Å². The summed E-state index contributed by atoms with van der Waals surface area (Å²) < 4.78 is 5.63. The highest BCUT2D eigenvalue weighted by atomic mass is 32.1. The fraction of sp³-hybridized carbons (Fsp3) is 0.222. The van der Waals surface area contributed by atoms with Crippen molar-refractivity contribution < 1.29 is 9.53 Å². The first-order chi connectivity index (χ1) is 7.06. The average Bonchev–Trinajstić information content (AvgIpc) is 2.44. The van der Waals surface area contributed by atoms with Crippen molar-refractivity contribution in [2.75, 3.05) is 0 Å². The average molecular weight is 224 g/mol. The van der Waals surface area contributed by atoms with E-state index in [1.807, 2.05) is 6.92 Å². The molecule has 5 nitrogen and oxygen atoms in total. The van der Waals surface area contributed by atoms with E-state index in [1.165, 1.54) is 6.92 Å². The smallest absolute Gasteiger partial charge is 0.309 e. The summed E-state index contributed by atoms with van der Waals surface area (Å²) in [7, 11) is 0. The molecule has 0 saturated carbocycles. The standard InChI is InChI=1S/C9H8N2O3S/c1-4-3-6(14-5(2)12)10-8-7(4)15-9(13)11-8/h3H,1-2H3,(H,10,11,13). The zero-order valence-corrected chi connectivity index (χ0v) is 8.97. The van der Waals surface area contributed by atoms with Gasteiger partial charge in [-0.05, 0) is 12.5 Å². The van der Waals surface area contributed by atoms with E-state index >= 15 is 0 Å². The Morgan fingerprint density at radius 1 is 1.60 bits per heavy atom. The Bertz CT molecular complexity index is 585. The fourth-order valence-electron chi connectivity index (χ4n) is 1.26. The van der Waals surface area contributed by atoms with Gasteiger partial charge in [0.1, 0.15) is 0 Å². The molecule has 0 aliphatic heterocycles. The second-order valence-electron chi connectivity index (χ2n) is 3.06. The van der Waals surface area contributed by atoms with E-state index in [0.29, 0.717) is 5.65 Å². The van der Waals surface area contributed by atoms with Gasteiger partial charge in [0.05, 0.1) is 4.70 Å². The van der Waals surface area contributed by atoms with Gasteiger partial charge in [0.15, 0.2) is 5.65 Å². The second-order valence-corrected chi connectivity index (χ2v) is 4.05. The number of rotatable bonds is 1. The molecular weight excluding hydrogens is 216 g/mol. The molecule has 0 aliphatic carbocycles. The minimum absolute atomic E-state index is 0.166. The zero-order valence-electron chi connectivity index (χ0n) is 8.16. The van der Waals surface area contributed by atoms with Crippen LogP contribution in [0.3, 0.4) is 0 Å². The Morgan fingerprint density at radius 3 is 3.00 bits per heavy atom. The van der Waals surface area contributed by atoms with Gasteiger partial charge in [-0.2, -0.15) is 4.98 Å². The lowest BCUT2D eigenvalue weighted by molar-refractivity contribution is -0.132. The van der Waals surface area contributed by atoms with E-state index in [-0.39, 0.29) is 10.8 Å². The van der Waals surface area contributed by atoms with Crippen LogP contribution >= 0.6 is 11.3 Å². The number of fused-ring (bicyclic) bond motifs is 1. The number of nitrogens with one attached hydrogen (secondary N) is 1. The summed E-state index contributed by atoms with van der Waals surface area (Å²) in [5, 5.41) is 0. The molecule has 2 aromatic rings. The second kappa shape index (κ2) is 3.47. The summed E-state index contributed by atoms with van der Waals surface area (Å²) in [6.07, 6.45) is 0. The van der Waals surface area contributed by atoms with Crippen molar-refractivity contribution in [1.29, 1.82) is 0 Å². The number of esters is 1. The van der Waals surface area contributed by atoms with Crippen molar-refractivity contribution in [3.63, 3.8) is 0 Å². The third-order valence-corrected chi connectivity index (χ3v) is 2.81. The molecule has 0 spiro atoms. The summed E-state index contributed by atoms with van der Waals surface area (Å²) >= 11 is 1.09. The normalized spacial score (nSPS) is 10.5. The summed E-state index contributed by atoms with van der Waals surface area (Å²) in [4.78, 5) is 28.2. The van der Waals surface area contributed by atoms with E-state index in [2.05, 4.69) is 9.97 Å². The van der Waals surface area contributed by atoms with Gasteiger partial charge in [-0.3, -0.25) is 14.6 Å². The molecule has 2 heterocycles. The molecule has 0 radical (unpaired) electrons. The first kappa shape index (κ1) is 9.85. The molecule has 0 fully saturated rings. The molecule has 2 aromatic heterocycles. The first-order valence-corrected chi connectivity index (χ1v) is 5.07. The Balaban J connectivity index is 2.61. The number of H-pyrrole nitrogens is 1. The quantitative estimate of drug-likeness (QED) is 0.739. The summed E-state index contributed by atoms with van der Waals surface area (Å²) in [5.41, 5.74) is 1.32. The zero-order chi connectivity index (χ0) is 11.0. The van der Waals surface area contributed by atoms with Gasteiger partial charge < -0.3 is 4.74 Å². The van der Waals surface area contributed by atoms with Crippen LogP contribution in [-0.4, -0.2) is 15.9 Å². The van der Waals surface area contributed by atoms with Crippen LogP contribution in [0.15, 0.2) is 10.9 Å². The van der Waals surface area contributed by atoms with Crippen LogP contribution in [0.4, 0.5) is 0 Å².